The fraction of sp³-hybridized carbons (Fsp3) is 0.364. The van der Waals surface area contributed by atoms with Crippen LogP contribution >= 0.6 is 11.6 Å². The van der Waals surface area contributed by atoms with Gasteiger partial charge in [-0.25, -0.2) is 0 Å². The van der Waals surface area contributed by atoms with Gasteiger partial charge in [0, 0.05) is 12.6 Å². The van der Waals surface area contributed by atoms with E-state index >= 15 is 0 Å². The lowest BCUT2D eigenvalue weighted by molar-refractivity contribution is -0.142. The fourth-order valence-corrected chi connectivity index (χ4v) is 2.89. The molecule has 0 aromatic heterocycles. The van der Waals surface area contributed by atoms with E-state index in [1.807, 2.05) is 38.1 Å². The monoisotopic (exact) mass is 418 g/mol. The van der Waals surface area contributed by atoms with Crippen molar-refractivity contribution in [1.82, 2.24) is 10.2 Å². The van der Waals surface area contributed by atoms with E-state index in [2.05, 4.69) is 5.32 Å². The van der Waals surface area contributed by atoms with Gasteiger partial charge >= 0.3 is 0 Å². The maximum atomic E-state index is 12.9. The average Bonchev–Trinajstić information content (AvgIpc) is 2.70. The molecule has 6 nitrogen and oxygen atoms in total. The van der Waals surface area contributed by atoms with Gasteiger partial charge in [-0.2, -0.15) is 0 Å². The molecule has 0 unspecified atom stereocenters. The van der Waals surface area contributed by atoms with Crippen molar-refractivity contribution in [2.75, 3.05) is 13.7 Å². The molecule has 0 bridgehead atoms. The van der Waals surface area contributed by atoms with Crippen LogP contribution in [0, 0.1) is 0 Å². The van der Waals surface area contributed by atoms with Gasteiger partial charge in [0.2, 0.25) is 5.91 Å². The van der Waals surface area contributed by atoms with Crippen LogP contribution in [0.25, 0.3) is 0 Å². The molecular weight excluding hydrogens is 392 g/mol. The molecular formula is C22H27ClN2O4. The molecule has 0 spiro atoms. The van der Waals surface area contributed by atoms with Crippen LogP contribution in [0.1, 0.15) is 26.3 Å². The third kappa shape index (κ3) is 6.68. The van der Waals surface area contributed by atoms with Crippen molar-refractivity contribution in [2.45, 2.75) is 39.4 Å². The van der Waals surface area contributed by atoms with E-state index in [4.69, 9.17) is 21.1 Å². The molecule has 2 aromatic rings. The zero-order valence-corrected chi connectivity index (χ0v) is 17.9. The summed E-state index contributed by atoms with van der Waals surface area (Å²) in [7, 11) is 1.59. The first kappa shape index (κ1) is 22.6. The van der Waals surface area contributed by atoms with E-state index in [-0.39, 0.29) is 31.0 Å². The standard InChI is InChI=1S/C22H27ClN2O4/c1-15(2)24-22(27)16(3)25(13-17-9-11-18(28-4)12-10-17)21(26)14-29-20-8-6-5-7-19(20)23/h5-12,15-16H,13-14H2,1-4H3,(H,24,27)/t16-/m1/s1. The number of rotatable bonds is 9. The highest BCUT2D eigenvalue weighted by Crippen LogP contribution is 2.23. The summed E-state index contributed by atoms with van der Waals surface area (Å²) in [5.41, 5.74) is 0.876. The van der Waals surface area contributed by atoms with Crippen molar-refractivity contribution >= 4 is 23.4 Å². The predicted molar refractivity (Wildman–Crippen MR) is 113 cm³/mol. The van der Waals surface area contributed by atoms with E-state index in [0.29, 0.717) is 10.8 Å². The molecule has 1 atom stereocenters. The second-order valence-corrected chi connectivity index (χ2v) is 7.34. The van der Waals surface area contributed by atoms with E-state index < -0.39 is 6.04 Å². The van der Waals surface area contributed by atoms with Gasteiger partial charge in [0.05, 0.1) is 12.1 Å². The number of hydrogen-bond acceptors (Lipinski definition) is 4. The van der Waals surface area contributed by atoms with Gasteiger partial charge in [-0.15, -0.1) is 0 Å². The molecule has 2 amide bonds. The van der Waals surface area contributed by atoms with Crippen LogP contribution in [0.2, 0.25) is 5.02 Å². The Morgan fingerprint density at radius 2 is 1.72 bits per heavy atom. The molecule has 1 N–H and O–H groups in total. The topological polar surface area (TPSA) is 67.9 Å². The van der Waals surface area contributed by atoms with Crippen molar-refractivity contribution < 1.29 is 19.1 Å². The van der Waals surface area contributed by atoms with Crippen LogP contribution in [-0.2, 0) is 16.1 Å². The Hall–Kier alpha value is -2.73. The van der Waals surface area contributed by atoms with Gasteiger partial charge < -0.3 is 19.7 Å². The van der Waals surface area contributed by atoms with Crippen LogP contribution < -0.4 is 14.8 Å². The Bertz CT molecular complexity index is 824. The minimum absolute atomic E-state index is 0.0257. The molecule has 0 aliphatic heterocycles. The van der Waals surface area contributed by atoms with Crippen LogP contribution in [0.4, 0.5) is 0 Å². The Balaban J connectivity index is 2.16. The summed E-state index contributed by atoms with van der Waals surface area (Å²) in [4.78, 5) is 27.0. The molecule has 156 valence electrons. The Labute approximate surface area is 176 Å². The molecule has 0 aliphatic carbocycles. The zero-order valence-electron chi connectivity index (χ0n) is 17.1. The molecule has 2 rings (SSSR count). The van der Waals surface area contributed by atoms with Crippen LogP contribution in [0.5, 0.6) is 11.5 Å². The lowest BCUT2D eigenvalue weighted by Crippen LogP contribution is -2.50. The average molecular weight is 419 g/mol. The first-order valence-electron chi connectivity index (χ1n) is 9.42. The van der Waals surface area contributed by atoms with E-state index in [1.165, 1.54) is 4.90 Å². The fourth-order valence-electron chi connectivity index (χ4n) is 2.70. The first-order chi connectivity index (χ1) is 13.8. The normalized spacial score (nSPS) is 11.7. The molecule has 29 heavy (non-hydrogen) atoms. The molecule has 7 heteroatoms. The molecule has 0 saturated carbocycles. The van der Waals surface area contributed by atoms with E-state index in [0.717, 1.165) is 11.3 Å². The van der Waals surface area contributed by atoms with Crippen LogP contribution in [-0.4, -0.2) is 42.5 Å². The van der Waals surface area contributed by atoms with Gasteiger partial charge in [-0.05, 0) is 50.6 Å². The largest absolute Gasteiger partial charge is 0.497 e. The molecule has 0 aliphatic rings. The van der Waals surface area contributed by atoms with Gasteiger partial charge in [-0.3, -0.25) is 9.59 Å². The molecule has 2 aromatic carbocycles. The molecule has 0 saturated heterocycles. The predicted octanol–water partition coefficient (Wildman–Crippen LogP) is 3.67. The van der Waals surface area contributed by atoms with Gasteiger partial charge in [-0.1, -0.05) is 35.9 Å². The maximum absolute atomic E-state index is 12.9. The number of amides is 2. The minimum atomic E-state index is -0.665. The van der Waals surface area contributed by atoms with Gasteiger partial charge in [0.15, 0.2) is 6.61 Å². The molecule has 0 fully saturated rings. The highest BCUT2D eigenvalue weighted by molar-refractivity contribution is 6.32. The number of hydrogen-bond donors (Lipinski definition) is 1. The maximum Gasteiger partial charge on any atom is 0.261 e. The summed E-state index contributed by atoms with van der Waals surface area (Å²) in [5, 5.41) is 3.27. The number of benzene rings is 2. The highest BCUT2D eigenvalue weighted by Gasteiger charge is 2.27. The zero-order chi connectivity index (χ0) is 21.4. The third-order valence-corrected chi connectivity index (χ3v) is 4.61. The number of halogens is 1. The van der Waals surface area contributed by atoms with Crippen molar-refractivity contribution in [3.8, 4) is 11.5 Å². The summed E-state index contributed by atoms with van der Waals surface area (Å²) in [6, 6.07) is 13.6. The Kier molecular flexibility index (Phi) is 8.34. The van der Waals surface area contributed by atoms with E-state index in [9.17, 15) is 9.59 Å². The summed E-state index contributed by atoms with van der Waals surface area (Å²) in [5.74, 6) is 0.609. The number of carbonyl (C=O) groups excluding carboxylic acids is 2. The summed E-state index contributed by atoms with van der Waals surface area (Å²) >= 11 is 6.09. The summed E-state index contributed by atoms with van der Waals surface area (Å²) < 4.78 is 10.8. The number of ether oxygens (including phenoxy) is 2. The molecule has 0 radical (unpaired) electrons. The van der Waals surface area contributed by atoms with Crippen molar-refractivity contribution in [3.63, 3.8) is 0 Å². The number of para-hydroxylation sites is 1. The second kappa shape index (κ2) is 10.7. The summed E-state index contributed by atoms with van der Waals surface area (Å²) in [6.45, 7) is 5.50. The van der Waals surface area contributed by atoms with Crippen LogP contribution in [0.3, 0.4) is 0 Å². The number of carbonyl (C=O) groups is 2. The SMILES string of the molecule is COc1ccc(CN(C(=O)COc2ccccc2Cl)[C@H](C)C(=O)NC(C)C)cc1. The quantitative estimate of drug-likeness (QED) is 0.674. The van der Waals surface area contributed by atoms with Gasteiger partial charge in [0.25, 0.3) is 5.91 Å². The lowest BCUT2D eigenvalue weighted by Gasteiger charge is -2.29. The second-order valence-electron chi connectivity index (χ2n) is 6.93. The Morgan fingerprint density at radius 1 is 1.07 bits per heavy atom. The van der Waals surface area contributed by atoms with Crippen LogP contribution in [0.15, 0.2) is 48.5 Å². The number of methoxy groups -OCH3 is 1. The lowest BCUT2D eigenvalue weighted by atomic mass is 10.1. The first-order valence-corrected chi connectivity index (χ1v) is 9.79. The Morgan fingerprint density at radius 3 is 2.31 bits per heavy atom. The molecule has 0 heterocycles. The highest BCUT2D eigenvalue weighted by atomic mass is 35.5. The smallest absolute Gasteiger partial charge is 0.261 e. The third-order valence-electron chi connectivity index (χ3n) is 4.30. The van der Waals surface area contributed by atoms with Crippen molar-refractivity contribution in [2.24, 2.45) is 0 Å². The number of nitrogens with zero attached hydrogens (tertiary/aromatic N) is 1. The van der Waals surface area contributed by atoms with E-state index in [1.54, 1.807) is 38.3 Å². The van der Waals surface area contributed by atoms with Crippen molar-refractivity contribution in [3.05, 3.63) is 59.1 Å². The van der Waals surface area contributed by atoms with Crippen molar-refractivity contribution in [1.29, 1.82) is 0 Å². The summed E-state index contributed by atoms with van der Waals surface area (Å²) in [6.07, 6.45) is 0. The minimum Gasteiger partial charge on any atom is -0.497 e. The van der Waals surface area contributed by atoms with Gasteiger partial charge in [0.1, 0.15) is 17.5 Å². The number of nitrogens with one attached hydrogen (secondary N) is 1.